The molecule has 1 aliphatic rings. The van der Waals surface area contributed by atoms with Gasteiger partial charge in [-0.15, -0.1) is 0 Å². The van der Waals surface area contributed by atoms with Crippen molar-refractivity contribution in [1.82, 2.24) is 10.2 Å². The molecular weight excluding hydrogens is 242 g/mol. The molecule has 0 aromatic heterocycles. The van der Waals surface area contributed by atoms with Crippen LogP contribution in [0.3, 0.4) is 0 Å². The van der Waals surface area contributed by atoms with Crippen LogP contribution in [-0.2, 0) is 9.59 Å². The van der Waals surface area contributed by atoms with Gasteiger partial charge in [0.2, 0.25) is 11.8 Å². The molecule has 0 spiro atoms. The van der Waals surface area contributed by atoms with Gasteiger partial charge in [0.05, 0.1) is 5.92 Å². The molecule has 3 unspecified atom stereocenters. The summed E-state index contributed by atoms with van der Waals surface area (Å²) in [6.45, 7) is 2.30. The SMILES string of the molecule is CNC(=O)C(C)CN(C)C(=O)CC1CCCC(N)C1. The normalized spacial score (nSPS) is 24.6. The molecule has 0 aromatic rings. The van der Waals surface area contributed by atoms with E-state index in [9.17, 15) is 9.59 Å². The summed E-state index contributed by atoms with van der Waals surface area (Å²) in [5, 5.41) is 2.60. The molecule has 5 nitrogen and oxygen atoms in total. The summed E-state index contributed by atoms with van der Waals surface area (Å²) in [6, 6.07) is 0.252. The molecule has 0 saturated heterocycles. The zero-order chi connectivity index (χ0) is 14.4. The third kappa shape index (κ3) is 5.19. The predicted molar refractivity (Wildman–Crippen MR) is 75.4 cm³/mol. The zero-order valence-electron chi connectivity index (χ0n) is 12.3. The average molecular weight is 269 g/mol. The quantitative estimate of drug-likeness (QED) is 0.773. The number of amides is 2. The fourth-order valence-electron chi connectivity index (χ4n) is 2.76. The topological polar surface area (TPSA) is 75.4 Å². The minimum absolute atomic E-state index is 0.0284. The fraction of sp³-hybridized carbons (Fsp3) is 0.857. The van der Waals surface area contributed by atoms with Crippen LogP contribution < -0.4 is 11.1 Å². The molecule has 2 amide bonds. The summed E-state index contributed by atoms with van der Waals surface area (Å²) in [7, 11) is 3.38. The van der Waals surface area contributed by atoms with Gasteiger partial charge in [-0.1, -0.05) is 13.3 Å². The van der Waals surface area contributed by atoms with Crippen molar-refractivity contribution in [2.75, 3.05) is 20.6 Å². The molecule has 19 heavy (non-hydrogen) atoms. The van der Waals surface area contributed by atoms with Gasteiger partial charge in [-0.25, -0.2) is 0 Å². The standard InChI is InChI=1S/C14H27N3O2/c1-10(14(19)16-2)9-17(3)13(18)8-11-5-4-6-12(15)7-11/h10-12H,4-9,15H2,1-3H3,(H,16,19). The van der Waals surface area contributed by atoms with E-state index in [2.05, 4.69) is 5.32 Å². The van der Waals surface area contributed by atoms with E-state index >= 15 is 0 Å². The van der Waals surface area contributed by atoms with Gasteiger partial charge in [-0.3, -0.25) is 9.59 Å². The van der Waals surface area contributed by atoms with Crippen molar-refractivity contribution in [1.29, 1.82) is 0 Å². The Morgan fingerprint density at radius 1 is 1.42 bits per heavy atom. The van der Waals surface area contributed by atoms with Crippen LogP contribution in [0.1, 0.15) is 39.0 Å². The molecule has 0 radical (unpaired) electrons. The van der Waals surface area contributed by atoms with Crippen LogP contribution >= 0.6 is 0 Å². The number of hydrogen-bond acceptors (Lipinski definition) is 3. The number of nitrogens with zero attached hydrogens (tertiary/aromatic N) is 1. The van der Waals surface area contributed by atoms with Crippen molar-refractivity contribution < 1.29 is 9.59 Å². The first kappa shape index (κ1) is 16.0. The number of nitrogens with two attached hydrogens (primary N) is 1. The number of hydrogen-bond donors (Lipinski definition) is 2. The Labute approximate surface area is 115 Å². The molecule has 1 rings (SSSR count). The maximum Gasteiger partial charge on any atom is 0.224 e. The first-order valence-electron chi connectivity index (χ1n) is 7.15. The van der Waals surface area contributed by atoms with Crippen LogP contribution in [0, 0.1) is 11.8 Å². The van der Waals surface area contributed by atoms with Gasteiger partial charge in [-0.2, -0.15) is 0 Å². The lowest BCUT2D eigenvalue weighted by atomic mass is 9.84. The summed E-state index contributed by atoms with van der Waals surface area (Å²) >= 11 is 0. The van der Waals surface area contributed by atoms with Crippen LogP contribution in [0.5, 0.6) is 0 Å². The molecule has 0 aliphatic heterocycles. The third-order valence-corrected chi connectivity index (χ3v) is 3.95. The highest BCUT2D eigenvalue weighted by Gasteiger charge is 2.24. The van der Waals surface area contributed by atoms with E-state index < -0.39 is 0 Å². The van der Waals surface area contributed by atoms with Gasteiger partial charge in [0, 0.05) is 33.1 Å². The number of carbonyl (C=O) groups is 2. The predicted octanol–water partition coefficient (Wildman–Crippen LogP) is 0.735. The highest BCUT2D eigenvalue weighted by molar-refractivity contribution is 5.80. The molecule has 1 saturated carbocycles. The Morgan fingerprint density at radius 3 is 2.68 bits per heavy atom. The highest BCUT2D eigenvalue weighted by Crippen LogP contribution is 2.26. The molecule has 0 heterocycles. The van der Waals surface area contributed by atoms with Crippen molar-refractivity contribution >= 4 is 11.8 Å². The van der Waals surface area contributed by atoms with Gasteiger partial charge < -0.3 is 16.0 Å². The summed E-state index contributed by atoms with van der Waals surface area (Å²) in [5.41, 5.74) is 5.94. The highest BCUT2D eigenvalue weighted by atomic mass is 16.2. The van der Waals surface area contributed by atoms with Gasteiger partial charge in [0.15, 0.2) is 0 Å². The number of rotatable bonds is 5. The second-order valence-electron chi connectivity index (χ2n) is 5.79. The maximum atomic E-state index is 12.1. The van der Waals surface area contributed by atoms with Crippen molar-refractivity contribution in [2.45, 2.75) is 45.1 Å². The molecule has 1 aliphatic carbocycles. The Morgan fingerprint density at radius 2 is 2.11 bits per heavy atom. The van der Waals surface area contributed by atoms with Crippen LogP contribution in [0.4, 0.5) is 0 Å². The van der Waals surface area contributed by atoms with Gasteiger partial charge in [0.25, 0.3) is 0 Å². The Balaban J connectivity index is 2.37. The van der Waals surface area contributed by atoms with Crippen molar-refractivity contribution in [3.63, 3.8) is 0 Å². The van der Waals surface area contributed by atoms with Crippen molar-refractivity contribution in [3.05, 3.63) is 0 Å². The minimum Gasteiger partial charge on any atom is -0.359 e. The second-order valence-corrected chi connectivity index (χ2v) is 5.79. The van der Waals surface area contributed by atoms with Crippen LogP contribution in [-0.4, -0.2) is 43.4 Å². The zero-order valence-corrected chi connectivity index (χ0v) is 12.3. The Hall–Kier alpha value is -1.10. The average Bonchev–Trinajstić information content (AvgIpc) is 2.37. The molecule has 5 heteroatoms. The van der Waals surface area contributed by atoms with E-state index in [1.165, 1.54) is 0 Å². The molecular formula is C14H27N3O2. The van der Waals surface area contributed by atoms with Crippen LogP contribution in [0.25, 0.3) is 0 Å². The first-order valence-corrected chi connectivity index (χ1v) is 7.15. The van der Waals surface area contributed by atoms with Crippen LogP contribution in [0.15, 0.2) is 0 Å². The molecule has 110 valence electrons. The lowest BCUT2D eigenvalue weighted by molar-refractivity contribution is -0.133. The largest absolute Gasteiger partial charge is 0.359 e. The maximum absolute atomic E-state index is 12.1. The molecule has 1 fully saturated rings. The van der Waals surface area contributed by atoms with E-state index in [1.54, 1.807) is 19.0 Å². The summed E-state index contributed by atoms with van der Waals surface area (Å²) in [5.74, 6) is 0.329. The Bertz CT molecular complexity index is 320. The van der Waals surface area contributed by atoms with Gasteiger partial charge >= 0.3 is 0 Å². The van der Waals surface area contributed by atoms with Gasteiger partial charge in [0.1, 0.15) is 0 Å². The summed E-state index contributed by atoms with van der Waals surface area (Å²) < 4.78 is 0. The number of carbonyl (C=O) groups excluding carboxylic acids is 2. The second kappa shape index (κ2) is 7.48. The number of nitrogens with one attached hydrogen (secondary N) is 1. The molecule has 3 N–H and O–H groups in total. The van der Waals surface area contributed by atoms with E-state index in [-0.39, 0.29) is 23.8 Å². The van der Waals surface area contributed by atoms with E-state index in [4.69, 9.17) is 5.73 Å². The summed E-state index contributed by atoms with van der Waals surface area (Å²) in [4.78, 5) is 25.2. The molecule has 0 aromatic carbocycles. The van der Waals surface area contributed by atoms with Crippen molar-refractivity contribution in [3.8, 4) is 0 Å². The minimum atomic E-state index is -0.174. The summed E-state index contributed by atoms with van der Waals surface area (Å²) in [6.07, 6.45) is 4.80. The molecule has 3 atom stereocenters. The lowest BCUT2D eigenvalue weighted by Gasteiger charge is -2.28. The van der Waals surface area contributed by atoms with E-state index in [0.29, 0.717) is 18.9 Å². The lowest BCUT2D eigenvalue weighted by Crippen LogP contribution is -2.38. The van der Waals surface area contributed by atoms with Crippen molar-refractivity contribution in [2.24, 2.45) is 17.6 Å². The smallest absolute Gasteiger partial charge is 0.224 e. The van der Waals surface area contributed by atoms with Gasteiger partial charge in [-0.05, 0) is 25.2 Å². The third-order valence-electron chi connectivity index (χ3n) is 3.95. The first-order chi connectivity index (χ1) is 8.93. The Kier molecular flexibility index (Phi) is 6.28. The van der Waals surface area contributed by atoms with E-state index in [0.717, 1.165) is 25.7 Å². The fourth-order valence-corrected chi connectivity index (χ4v) is 2.76. The van der Waals surface area contributed by atoms with Crippen LogP contribution in [0.2, 0.25) is 0 Å². The monoisotopic (exact) mass is 269 g/mol. The molecule has 0 bridgehead atoms. The van der Waals surface area contributed by atoms with E-state index in [1.807, 2.05) is 6.92 Å².